The van der Waals surface area contributed by atoms with Gasteiger partial charge in [0.05, 0.1) is 32.0 Å². The van der Waals surface area contributed by atoms with Crippen molar-refractivity contribution >= 4 is 29.2 Å². The zero-order chi connectivity index (χ0) is 20.0. The van der Waals surface area contributed by atoms with E-state index in [0.717, 1.165) is 12.1 Å². The lowest BCUT2D eigenvalue weighted by atomic mass is 10.1. The molecule has 1 N–H and O–H groups in total. The molecule has 7 nitrogen and oxygen atoms in total. The maximum atomic E-state index is 13.0. The molecule has 0 aliphatic heterocycles. The van der Waals surface area contributed by atoms with Crippen molar-refractivity contribution in [2.45, 2.75) is 0 Å². The van der Waals surface area contributed by atoms with Gasteiger partial charge < -0.3 is 24.3 Å². The average molecular weight is 398 g/mol. The zero-order valence-corrected chi connectivity index (χ0v) is 15.6. The van der Waals surface area contributed by atoms with E-state index in [-0.39, 0.29) is 27.8 Å². The van der Waals surface area contributed by atoms with Gasteiger partial charge in [0, 0.05) is 0 Å². The molecule has 2 rings (SSSR count). The highest BCUT2D eigenvalue weighted by Gasteiger charge is 2.22. The highest BCUT2D eigenvalue weighted by Crippen LogP contribution is 2.39. The molecule has 1 amide bonds. The van der Waals surface area contributed by atoms with Gasteiger partial charge in [0.15, 0.2) is 18.1 Å². The number of esters is 1. The fourth-order valence-electron chi connectivity index (χ4n) is 2.25. The Bertz CT molecular complexity index is 858. The van der Waals surface area contributed by atoms with Crippen LogP contribution in [0, 0.1) is 5.82 Å². The molecule has 144 valence electrons. The lowest BCUT2D eigenvalue weighted by molar-refractivity contribution is -0.119. The van der Waals surface area contributed by atoms with Crippen LogP contribution in [0.4, 0.5) is 10.1 Å². The Morgan fingerprint density at radius 1 is 1.04 bits per heavy atom. The van der Waals surface area contributed by atoms with Crippen molar-refractivity contribution in [3.8, 4) is 17.2 Å². The molecule has 2 aromatic carbocycles. The molecule has 0 atom stereocenters. The fourth-order valence-corrected chi connectivity index (χ4v) is 2.46. The number of carbonyl (C=O) groups is 2. The molecular weight excluding hydrogens is 381 g/mol. The van der Waals surface area contributed by atoms with E-state index in [9.17, 15) is 14.0 Å². The first-order valence-electron chi connectivity index (χ1n) is 7.62. The van der Waals surface area contributed by atoms with Crippen LogP contribution in [0.15, 0.2) is 30.3 Å². The van der Waals surface area contributed by atoms with Crippen molar-refractivity contribution in [1.29, 1.82) is 0 Å². The molecule has 0 unspecified atom stereocenters. The van der Waals surface area contributed by atoms with Gasteiger partial charge in [-0.25, -0.2) is 9.18 Å². The molecular formula is C18H17ClFNO6. The van der Waals surface area contributed by atoms with Crippen LogP contribution >= 0.6 is 11.6 Å². The number of benzene rings is 2. The van der Waals surface area contributed by atoms with Crippen LogP contribution in [0.2, 0.25) is 5.02 Å². The number of ether oxygens (including phenoxy) is 4. The average Bonchev–Trinajstić information content (AvgIpc) is 2.66. The summed E-state index contributed by atoms with van der Waals surface area (Å²) in [5.41, 5.74) is 0.255. The molecule has 0 saturated carbocycles. The van der Waals surface area contributed by atoms with Gasteiger partial charge in [0.25, 0.3) is 5.91 Å². The van der Waals surface area contributed by atoms with E-state index in [4.69, 9.17) is 30.5 Å². The van der Waals surface area contributed by atoms with E-state index < -0.39 is 24.3 Å². The van der Waals surface area contributed by atoms with E-state index in [2.05, 4.69) is 5.32 Å². The SMILES string of the molecule is COc1ccc(C(=O)OCC(=O)Nc2ccc(F)cc2Cl)c(OC)c1OC. The largest absolute Gasteiger partial charge is 0.493 e. The number of methoxy groups -OCH3 is 3. The van der Waals surface area contributed by atoms with Crippen molar-refractivity contribution in [2.75, 3.05) is 33.3 Å². The molecule has 0 spiro atoms. The summed E-state index contributed by atoms with van der Waals surface area (Å²) in [6, 6.07) is 6.43. The molecule has 0 bridgehead atoms. The molecule has 27 heavy (non-hydrogen) atoms. The summed E-state index contributed by atoms with van der Waals surface area (Å²) in [5, 5.41) is 2.45. The van der Waals surface area contributed by atoms with Gasteiger partial charge in [0.2, 0.25) is 5.75 Å². The lowest BCUT2D eigenvalue weighted by Crippen LogP contribution is -2.21. The highest BCUT2D eigenvalue weighted by atomic mass is 35.5. The van der Waals surface area contributed by atoms with E-state index in [1.807, 2.05) is 0 Å². The molecule has 0 radical (unpaired) electrons. The number of rotatable bonds is 7. The molecule has 0 heterocycles. The number of amides is 1. The second-order valence-electron chi connectivity index (χ2n) is 5.13. The Kier molecular flexibility index (Phi) is 6.84. The molecule has 9 heteroatoms. The summed E-state index contributed by atoms with van der Waals surface area (Å²) >= 11 is 5.83. The molecule has 0 aliphatic carbocycles. The predicted octanol–water partition coefficient (Wildman–Crippen LogP) is 3.30. The Hall–Kier alpha value is -3.00. The highest BCUT2D eigenvalue weighted by molar-refractivity contribution is 6.33. The summed E-state index contributed by atoms with van der Waals surface area (Å²) in [5.74, 6) is -1.27. The zero-order valence-electron chi connectivity index (χ0n) is 14.8. The first-order valence-corrected chi connectivity index (χ1v) is 8.00. The molecule has 0 saturated heterocycles. The van der Waals surface area contributed by atoms with Crippen molar-refractivity contribution in [2.24, 2.45) is 0 Å². The quantitative estimate of drug-likeness (QED) is 0.722. The summed E-state index contributed by atoms with van der Waals surface area (Å²) in [6.07, 6.45) is 0. The van der Waals surface area contributed by atoms with Gasteiger partial charge in [-0.3, -0.25) is 4.79 Å². The minimum atomic E-state index is -0.798. The number of anilines is 1. The van der Waals surface area contributed by atoms with E-state index in [1.54, 1.807) is 0 Å². The molecule has 0 fully saturated rings. The Balaban J connectivity index is 2.08. The third-order valence-electron chi connectivity index (χ3n) is 3.46. The number of halogens is 2. The van der Waals surface area contributed by atoms with Crippen molar-refractivity contribution in [1.82, 2.24) is 0 Å². The monoisotopic (exact) mass is 397 g/mol. The first-order chi connectivity index (χ1) is 12.9. The minimum Gasteiger partial charge on any atom is -0.493 e. The van der Waals surface area contributed by atoms with Crippen LogP contribution in [-0.2, 0) is 9.53 Å². The Morgan fingerprint density at radius 3 is 2.33 bits per heavy atom. The van der Waals surface area contributed by atoms with Gasteiger partial charge in [-0.2, -0.15) is 0 Å². The van der Waals surface area contributed by atoms with Crippen LogP contribution in [-0.4, -0.2) is 39.8 Å². The summed E-state index contributed by atoms with van der Waals surface area (Å²) in [6.45, 7) is -0.579. The third kappa shape index (κ3) is 4.79. The van der Waals surface area contributed by atoms with Gasteiger partial charge in [0.1, 0.15) is 11.4 Å². The minimum absolute atomic E-state index is 0.0243. The normalized spacial score (nSPS) is 10.1. The Morgan fingerprint density at radius 2 is 1.74 bits per heavy atom. The molecule has 0 aromatic heterocycles. The molecule has 0 aliphatic rings. The number of hydrogen-bond donors (Lipinski definition) is 1. The molecule has 2 aromatic rings. The van der Waals surface area contributed by atoms with Crippen molar-refractivity contribution in [3.05, 3.63) is 46.7 Å². The summed E-state index contributed by atoms with van der Waals surface area (Å²) in [4.78, 5) is 24.3. The van der Waals surface area contributed by atoms with Gasteiger partial charge in [-0.1, -0.05) is 11.6 Å². The fraction of sp³-hybridized carbons (Fsp3) is 0.222. The number of nitrogens with one attached hydrogen (secondary N) is 1. The lowest BCUT2D eigenvalue weighted by Gasteiger charge is -2.15. The topological polar surface area (TPSA) is 83.1 Å². The van der Waals surface area contributed by atoms with Crippen molar-refractivity contribution < 1.29 is 32.9 Å². The maximum Gasteiger partial charge on any atom is 0.342 e. The van der Waals surface area contributed by atoms with Crippen LogP contribution in [0.3, 0.4) is 0 Å². The van der Waals surface area contributed by atoms with Crippen molar-refractivity contribution in [3.63, 3.8) is 0 Å². The summed E-state index contributed by atoms with van der Waals surface area (Å²) < 4.78 is 33.5. The second-order valence-corrected chi connectivity index (χ2v) is 5.54. The smallest absolute Gasteiger partial charge is 0.342 e. The van der Waals surface area contributed by atoms with E-state index in [0.29, 0.717) is 5.75 Å². The predicted molar refractivity (Wildman–Crippen MR) is 96.4 cm³/mol. The maximum absolute atomic E-state index is 13.0. The van der Waals surface area contributed by atoms with Gasteiger partial charge >= 0.3 is 5.97 Å². The standard InChI is InChI=1S/C18H17ClFNO6/c1-24-14-7-5-11(16(25-2)17(14)26-3)18(23)27-9-15(22)21-13-6-4-10(20)8-12(13)19/h4-8H,9H2,1-3H3,(H,21,22). The van der Waals surface area contributed by atoms with Gasteiger partial charge in [-0.05, 0) is 30.3 Å². The van der Waals surface area contributed by atoms with E-state index in [1.165, 1.54) is 39.5 Å². The Labute approximate surface area is 159 Å². The van der Waals surface area contributed by atoms with Crippen LogP contribution in [0.5, 0.6) is 17.2 Å². The van der Waals surface area contributed by atoms with Crippen LogP contribution in [0.25, 0.3) is 0 Å². The number of hydrogen-bond acceptors (Lipinski definition) is 6. The van der Waals surface area contributed by atoms with E-state index >= 15 is 0 Å². The second kappa shape index (κ2) is 9.09. The van der Waals surface area contributed by atoms with Gasteiger partial charge in [-0.15, -0.1) is 0 Å². The first kappa shape index (κ1) is 20.3. The third-order valence-corrected chi connectivity index (χ3v) is 3.78. The summed E-state index contributed by atoms with van der Waals surface area (Å²) in [7, 11) is 4.20. The van der Waals surface area contributed by atoms with Crippen LogP contribution < -0.4 is 19.5 Å². The number of carbonyl (C=O) groups excluding carboxylic acids is 2. The van der Waals surface area contributed by atoms with Crippen LogP contribution in [0.1, 0.15) is 10.4 Å².